The van der Waals surface area contributed by atoms with Crippen LogP contribution in [0.5, 0.6) is 0 Å². The fourth-order valence-electron chi connectivity index (χ4n) is 1.51. The second-order valence-corrected chi connectivity index (χ2v) is 4.46. The van der Waals surface area contributed by atoms with Gasteiger partial charge in [-0.1, -0.05) is 13.0 Å². The summed E-state index contributed by atoms with van der Waals surface area (Å²) in [6, 6.07) is 5.21. The minimum atomic E-state index is -0.190. The summed E-state index contributed by atoms with van der Waals surface area (Å²) < 4.78 is 18.9. The molecule has 0 aliphatic carbocycles. The molecule has 1 N–H and O–H groups in total. The normalized spacial score (nSPS) is 11.1. The fraction of sp³-hybridized carbons (Fsp3) is 0.571. The lowest BCUT2D eigenvalue weighted by molar-refractivity contribution is 0.0639. The van der Waals surface area contributed by atoms with Crippen molar-refractivity contribution in [2.75, 3.05) is 6.54 Å². The van der Waals surface area contributed by atoms with Gasteiger partial charge in [0, 0.05) is 12.1 Å². The predicted octanol–water partition coefficient (Wildman–Crippen LogP) is 3.25. The van der Waals surface area contributed by atoms with Gasteiger partial charge in [-0.3, -0.25) is 0 Å². The van der Waals surface area contributed by atoms with Gasteiger partial charge in [-0.05, 0) is 44.5 Å². The topological polar surface area (TPSA) is 21.3 Å². The molecule has 0 saturated carbocycles. The van der Waals surface area contributed by atoms with E-state index in [1.54, 1.807) is 0 Å². The van der Waals surface area contributed by atoms with E-state index in [1.807, 2.05) is 26.0 Å². The fourth-order valence-corrected chi connectivity index (χ4v) is 1.51. The number of hydrogen-bond donors (Lipinski definition) is 1. The average molecular weight is 239 g/mol. The summed E-state index contributed by atoms with van der Waals surface area (Å²) in [5.41, 5.74) is 1.73. The molecule has 0 saturated heterocycles. The molecule has 0 heterocycles. The average Bonchev–Trinajstić information content (AvgIpc) is 2.29. The summed E-state index contributed by atoms with van der Waals surface area (Å²) >= 11 is 0. The van der Waals surface area contributed by atoms with Crippen molar-refractivity contribution in [2.45, 2.75) is 46.4 Å². The van der Waals surface area contributed by atoms with Crippen molar-refractivity contribution in [1.29, 1.82) is 0 Å². The zero-order chi connectivity index (χ0) is 12.7. The number of nitrogens with one attached hydrogen (secondary N) is 1. The largest absolute Gasteiger partial charge is 0.374 e. The maximum absolute atomic E-state index is 13.5. The van der Waals surface area contributed by atoms with Gasteiger partial charge in [0.15, 0.2) is 0 Å². The van der Waals surface area contributed by atoms with Crippen molar-refractivity contribution in [3.63, 3.8) is 0 Å². The SMILES string of the molecule is CCCNCc1ccc(F)c(COC(C)C)c1. The van der Waals surface area contributed by atoms with Crippen LogP contribution in [0.2, 0.25) is 0 Å². The van der Waals surface area contributed by atoms with Crippen molar-refractivity contribution in [1.82, 2.24) is 5.32 Å². The van der Waals surface area contributed by atoms with Gasteiger partial charge in [0.05, 0.1) is 12.7 Å². The van der Waals surface area contributed by atoms with Crippen molar-refractivity contribution in [3.05, 3.63) is 35.1 Å². The molecule has 0 fully saturated rings. The molecule has 17 heavy (non-hydrogen) atoms. The minimum Gasteiger partial charge on any atom is -0.374 e. The van der Waals surface area contributed by atoms with E-state index < -0.39 is 0 Å². The number of halogens is 1. The second kappa shape index (κ2) is 7.41. The van der Waals surface area contributed by atoms with E-state index in [9.17, 15) is 4.39 Å². The van der Waals surface area contributed by atoms with Gasteiger partial charge in [0.2, 0.25) is 0 Å². The van der Waals surface area contributed by atoms with E-state index in [2.05, 4.69) is 12.2 Å². The van der Waals surface area contributed by atoms with E-state index in [4.69, 9.17) is 4.74 Å². The zero-order valence-corrected chi connectivity index (χ0v) is 10.9. The van der Waals surface area contributed by atoms with Crippen LogP contribution in [0.4, 0.5) is 4.39 Å². The maximum atomic E-state index is 13.5. The first-order chi connectivity index (χ1) is 8.13. The van der Waals surface area contributed by atoms with E-state index in [0.29, 0.717) is 12.2 Å². The van der Waals surface area contributed by atoms with Crippen LogP contribution in [0.1, 0.15) is 38.3 Å². The van der Waals surface area contributed by atoms with Crippen molar-refractivity contribution >= 4 is 0 Å². The first-order valence-corrected chi connectivity index (χ1v) is 6.23. The molecule has 0 radical (unpaired) electrons. The lowest BCUT2D eigenvalue weighted by Crippen LogP contribution is -2.14. The molecular weight excluding hydrogens is 217 g/mol. The molecule has 0 aliphatic heterocycles. The molecule has 2 nitrogen and oxygen atoms in total. The summed E-state index contributed by atoms with van der Waals surface area (Å²) in [6.45, 7) is 8.12. The van der Waals surface area contributed by atoms with Gasteiger partial charge in [0.25, 0.3) is 0 Å². The minimum absolute atomic E-state index is 0.122. The van der Waals surface area contributed by atoms with Gasteiger partial charge in [0.1, 0.15) is 5.82 Å². The van der Waals surface area contributed by atoms with E-state index in [0.717, 1.165) is 25.1 Å². The van der Waals surface area contributed by atoms with Crippen LogP contribution in [-0.2, 0) is 17.9 Å². The molecule has 96 valence electrons. The maximum Gasteiger partial charge on any atom is 0.128 e. The van der Waals surface area contributed by atoms with Gasteiger partial charge in [-0.15, -0.1) is 0 Å². The molecule has 3 heteroatoms. The Kier molecular flexibility index (Phi) is 6.16. The predicted molar refractivity (Wildman–Crippen MR) is 68.3 cm³/mol. The summed E-state index contributed by atoms with van der Waals surface area (Å²) in [5.74, 6) is -0.190. The zero-order valence-electron chi connectivity index (χ0n) is 10.9. The second-order valence-electron chi connectivity index (χ2n) is 4.46. The van der Waals surface area contributed by atoms with Gasteiger partial charge >= 0.3 is 0 Å². The van der Waals surface area contributed by atoms with E-state index in [1.165, 1.54) is 6.07 Å². The Morgan fingerprint density at radius 3 is 2.76 bits per heavy atom. The molecule has 1 rings (SSSR count). The summed E-state index contributed by atoms with van der Waals surface area (Å²) in [4.78, 5) is 0. The highest BCUT2D eigenvalue weighted by atomic mass is 19.1. The highest BCUT2D eigenvalue weighted by molar-refractivity contribution is 5.24. The summed E-state index contributed by atoms with van der Waals surface area (Å²) in [5, 5.41) is 3.30. The quantitative estimate of drug-likeness (QED) is 0.737. The molecule has 0 unspecified atom stereocenters. The molecule has 0 amide bonds. The van der Waals surface area contributed by atoms with Crippen molar-refractivity contribution in [3.8, 4) is 0 Å². The first-order valence-electron chi connectivity index (χ1n) is 6.23. The van der Waals surface area contributed by atoms with Crippen molar-refractivity contribution in [2.24, 2.45) is 0 Å². The van der Waals surface area contributed by atoms with Gasteiger partial charge in [-0.25, -0.2) is 4.39 Å². The number of ether oxygens (including phenoxy) is 1. The number of rotatable bonds is 7. The van der Waals surface area contributed by atoms with Crippen LogP contribution < -0.4 is 5.32 Å². The standard InChI is InChI=1S/C14H22FNO/c1-4-7-16-9-12-5-6-14(15)13(8-12)10-17-11(2)3/h5-6,8,11,16H,4,7,9-10H2,1-3H3. The summed E-state index contributed by atoms with van der Waals surface area (Å²) in [6.07, 6.45) is 1.22. The number of benzene rings is 1. The third kappa shape index (κ3) is 5.29. The Morgan fingerprint density at radius 1 is 1.35 bits per heavy atom. The molecule has 0 atom stereocenters. The Hall–Kier alpha value is -0.930. The molecule has 1 aromatic rings. The lowest BCUT2D eigenvalue weighted by Gasteiger charge is -2.10. The molecule has 0 aliphatic rings. The third-order valence-electron chi connectivity index (χ3n) is 2.44. The lowest BCUT2D eigenvalue weighted by atomic mass is 10.1. The van der Waals surface area contributed by atoms with Crippen LogP contribution in [-0.4, -0.2) is 12.6 Å². The van der Waals surface area contributed by atoms with Crippen LogP contribution >= 0.6 is 0 Å². The van der Waals surface area contributed by atoms with Crippen molar-refractivity contribution < 1.29 is 9.13 Å². The Bertz CT molecular complexity index is 339. The Balaban J connectivity index is 2.59. The third-order valence-corrected chi connectivity index (χ3v) is 2.44. The van der Waals surface area contributed by atoms with Crippen LogP contribution in [0.15, 0.2) is 18.2 Å². The van der Waals surface area contributed by atoms with Gasteiger partial charge < -0.3 is 10.1 Å². The first kappa shape index (κ1) is 14.1. The van der Waals surface area contributed by atoms with Crippen LogP contribution in [0, 0.1) is 5.82 Å². The Morgan fingerprint density at radius 2 is 2.12 bits per heavy atom. The number of hydrogen-bond acceptors (Lipinski definition) is 2. The molecule has 0 aromatic heterocycles. The molecule has 1 aromatic carbocycles. The molecule has 0 bridgehead atoms. The molecular formula is C14H22FNO. The summed E-state index contributed by atoms with van der Waals surface area (Å²) in [7, 11) is 0. The highest BCUT2D eigenvalue weighted by Gasteiger charge is 2.05. The van der Waals surface area contributed by atoms with Crippen LogP contribution in [0.25, 0.3) is 0 Å². The van der Waals surface area contributed by atoms with E-state index in [-0.39, 0.29) is 11.9 Å². The van der Waals surface area contributed by atoms with E-state index >= 15 is 0 Å². The molecule has 0 spiro atoms. The van der Waals surface area contributed by atoms with Gasteiger partial charge in [-0.2, -0.15) is 0 Å². The highest BCUT2D eigenvalue weighted by Crippen LogP contribution is 2.12. The monoisotopic (exact) mass is 239 g/mol. The smallest absolute Gasteiger partial charge is 0.128 e. The van der Waals surface area contributed by atoms with Crippen LogP contribution in [0.3, 0.4) is 0 Å². The Labute approximate surface area is 103 Å².